The quantitative estimate of drug-likeness (QED) is 0.822. The van der Waals surface area contributed by atoms with Crippen LogP contribution in [0.15, 0.2) is 42.7 Å². The summed E-state index contributed by atoms with van der Waals surface area (Å²) in [7, 11) is 0. The van der Waals surface area contributed by atoms with Gasteiger partial charge in [-0.2, -0.15) is 0 Å². The number of carbonyl (C=O) groups is 2. The van der Waals surface area contributed by atoms with Gasteiger partial charge in [-0.15, -0.1) is 0 Å². The van der Waals surface area contributed by atoms with Gasteiger partial charge >= 0.3 is 0 Å². The Morgan fingerprint density at radius 1 is 1.10 bits per heavy atom. The number of rotatable bonds is 5. The highest BCUT2D eigenvalue weighted by Crippen LogP contribution is 2.15. The second-order valence-electron chi connectivity index (χ2n) is 7.24. The molecule has 4 heterocycles. The smallest absolute Gasteiger partial charge is 0.272 e. The predicted octanol–water partition coefficient (Wildman–Crippen LogP) is 1.35. The number of hydrogen-bond acceptors (Lipinski definition) is 6. The maximum absolute atomic E-state index is 12.9. The van der Waals surface area contributed by atoms with Crippen LogP contribution in [-0.4, -0.2) is 72.1 Å². The molecule has 1 N–H and O–H groups in total. The van der Waals surface area contributed by atoms with Gasteiger partial charge in [0.15, 0.2) is 0 Å². The summed E-state index contributed by atoms with van der Waals surface area (Å²) in [5, 5.41) is 2.88. The minimum absolute atomic E-state index is 0.0808. The van der Waals surface area contributed by atoms with E-state index < -0.39 is 0 Å². The minimum Gasteiger partial charge on any atom is -0.376 e. The van der Waals surface area contributed by atoms with E-state index >= 15 is 0 Å². The van der Waals surface area contributed by atoms with Crippen molar-refractivity contribution < 1.29 is 14.3 Å². The summed E-state index contributed by atoms with van der Waals surface area (Å²) < 4.78 is 5.52. The molecular formula is C21H25N5O3. The Morgan fingerprint density at radius 3 is 2.69 bits per heavy atom. The van der Waals surface area contributed by atoms with Gasteiger partial charge in [-0.25, -0.2) is 4.98 Å². The van der Waals surface area contributed by atoms with E-state index in [9.17, 15) is 9.59 Å². The number of piperazine rings is 1. The van der Waals surface area contributed by atoms with Crippen molar-refractivity contribution in [3.63, 3.8) is 0 Å². The van der Waals surface area contributed by atoms with E-state index in [1.807, 2.05) is 18.2 Å². The molecule has 2 aliphatic heterocycles. The molecule has 8 nitrogen and oxygen atoms in total. The third-order valence-corrected chi connectivity index (χ3v) is 5.30. The average Bonchev–Trinajstić information content (AvgIpc) is 3.31. The van der Waals surface area contributed by atoms with E-state index in [0.29, 0.717) is 44.0 Å². The molecule has 0 spiro atoms. The van der Waals surface area contributed by atoms with Crippen LogP contribution >= 0.6 is 0 Å². The first-order valence-electron chi connectivity index (χ1n) is 10.0. The van der Waals surface area contributed by atoms with Crippen LogP contribution in [0, 0.1) is 0 Å². The number of anilines is 1. The van der Waals surface area contributed by atoms with Gasteiger partial charge < -0.3 is 19.9 Å². The summed E-state index contributed by atoms with van der Waals surface area (Å²) in [4.78, 5) is 37.8. The number of pyridine rings is 2. The van der Waals surface area contributed by atoms with E-state index in [-0.39, 0.29) is 17.9 Å². The normalized spacial score (nSPS) is 19.2. The van der Waals surface area contributed by atoms with Crippen molar-refractivity contribution in [1.29, 1.82) is 0 Å². The number of aromatic nitrogens is 2. The molecule has 0 saturated carbocycles. The van der Waals surface area contributed by atoms with Gasteiger partial charge in [0.05, 0.1) is 6.10 Å². The molecule has 1 unspecified atom stereocenters. The van der Waals surface area contributed by atoms with Crippen LogP contribution in [0.5, 0.6) is 0 Å². The highest BCUT2D eigenvalue weighted by atomic mass is 16.5. The van der Waals surface area contributed by atoms with Crippen molar-refractivity contribution in [3.8, 4) is 0 Å². The van der Waals surface area contributed by atoms with Crippen molar-refractivity contribution in [2.45, 2.75) is 18.9 Å². The van der Waals surface area contributed by atoms with Crippen LogP contribution < -0.4 is 10.2 Å². The fourth-order valence-electron chi connectivity index (χ4n) is 3.64. The third-order valence-electron chi connectivity index (χ3n) is 5.30. The van der Waals surface area contributed by atoms with Crippen LogP contribution in [0.2, 0.25) is 0 Å². The topological polar surface area (TPSA) is 87.7 Å². The molecule has 1 atom stereocenters. The number of hydrogen-bond donors (Lipinski definition) is 1. The monoisotopic (exact) mass is 395 g/mol. The first kappa shape index (κ1) is 19.3. The molecule has 2 saturated heterocycles. The molecule has 2 aromatic heterocycles. The second-order valence-corrected chi connectivity index (χ2v) is 7.24. The number of carbonyl (C=O) groups excluding carboxylic acids is 2. The molecule has 2 amide bonds. The molecule has 0 aromatic carbocycles. The summed E-state index contributed by atoms with van der Waals surface area (Å²) in [6.07, 6.45) is 5.36. The molecular weight excluding hydrogens is 370 g/mol. The van der Waals surface area contributed by atoms with E-state index in [2.05, 4.69) is 20.2 Å². The summed E-state index contributed by atoms with van der Waals surface area (Å²) in [5.41, 5.74) is 0.731. The lowest BCUT2D eigenvalue weighted by molar-refractivity contribution is 0.0740. The Labute approximate surface area is 169 Å². The van der Waals surface area contributed by atoms with E-state index in [0.717, 1.165) is 25.3 Å². The van der Waals surface area contributed by atoms with Crippen LogP contribution in [0.3, 0.4) is 0 Å². The van der Waals surface area contributed by atoms with Gasteiger partial charge in [-0.3, -0.25) is 14.6 Å². The van der Waals surface area contributed by atoms with Gasteiger partial charge in [-0.1, -0.05) is 6.07 Å². The molecule has 4 rings (SSSR count). The standard InChI is InChI=1S/C21H25N5O3/c27-20(24-15-17-4-3-13-29-17)16-6-8-22-18(14-16)21(28)26-11-9-25(10-12-26)19-5-1-2-7-23-19/h1-2,5-8,14,17H,3-4,9-13,15H2,(H,24,27). The van der Waals surface area contributed by atoms with Crippen LogP contribution in [0.4, 0.5) is 5.82 Å². The Hall–Kier alpha value is -3.00. The van der Waals surface area contributed by atoms with Crippen LogP contribution in [0.1, 0.15) is 33.7 Å². The number of amides is 2. The predicted molar refractivity (Wildman–Crippen MR) is 108 cm³/mol. The van der Waals surface area contributed by atoms with Crippen molar-refractivity contribution in [2.75, 3.05) is 44.2 Å². The Morgan fingerprint density at radius 2 is 1.97 bits per heavy atom. The van der Waals surface area contributed by atoms with Gasteiger partial charge in [0.1, 0.15) is 11.5 Å². The lowest BCUT2D eigenvalue weighted by Gasteiger charge is -2.35. The molecule has 8 heteroatoms. The van der Waals surface area contributed by atoms with Crippen LogP contribution in [0.25, 0.3) is 0 Å². The van der Waals surface area contributed by atoms with Gasteiger partial charge in [-0.05, 0) is 37.1 Å². The van der Waals surface area contributed by atoms with E-state index in [4.69, 9.17) is 4.74 Å². The lowest BCUT2D eigenvalue weighted by atomic mass is 10.2. The van der Waals surface area contributed by atoms with E-state index in [1.54, 1.807) is 23.2 Å². The zero-order valence-corrected chi connectivity index (χ0v) is 16.3. The van der Waals surface area contributed by atoms with Crippen LogP contribution in [-0.2, 0) is 4.74 Å². The molecule has 2 aromatic rings. The van der Waals surface area contributed by atoms with Crippen molar-refractivity contribution >= 4 is 17.6 Å². The fraction of sp³-hybridized carbons (Fsp3) is 0.429. The number of nitrogens with one attached hydrogen (secondary N) is 1. The number of nitrogens with zero attached hydrogens (tertiary/aromatic N) is 4. The molecule has 0 radical (unpaired) electrons. The number of ether oxygens (including phenoxy) is 1. The van der Waals surface area contributed by atoms with Gasteiger partial charge in [0, 0.05) is 57.3 Å². The summed E-state index contributed by atoms with van der Waals surface area (Å²) in [6, 6.07) is 9.01. The first-order valence-corrected chi connectivity index (χ1v) is 10.0. The molecule has 2 aliphatic rings. The zero-order chi connectivity index (χ0) is 20.1. The Kier molecular flexibility index (Phi) is 6.00. The maximum Gasteiger partial charge on any atom is 0.272 e. The second kappa shape index (κ2) is 9.00. The van der Waals surface area contributed by atoms with E-state index in [1.165, 1.54) is 6.20 Å². The zero-order valence-electron chi connectivity index (χ0n) is 16.3. The van der Waals surface area contributed by atoms with Crippen molar-refractivity contribution in [2.24, 2.45) is 0 Å². The average molecular weight is 395 g/mol. The lowest BCUT2D eigenvalue weighted by Crippen LogP contribution is -2.49. The minimum atomic E-state index is -0.211. The summed E-state index contributed by atoms with van der Waals surface area (Å²) >= 11 is 0. The summed E-state index contributed by atoms with van der Waals surface area (Å²) in [6.45, 7) is 3.84. The molecule has 0 aliphatic carbocycles. The Balaban J connectivity index is 1.34. The molecule has 29 heavy (non-hydrogen) atoms. The first-order chi connectivity index (χ1) is 14.2. The highest BCUT2D eigenvalue weighted by molar-refractivity contribution is 5.98. The largest absolute Gasteiger partial charge is 0.376 e. The van der Waals surface area contributed by atoms with Gasteiger partial charge in [0.25, 0.3) is 11.8 Å². The molecule has 152 valence electrons. The molecule has 0 bridgehead atoms. The molecule has 2 fully saturated rings. The fourth-order valence-corrected chi connectivity index (χ4v) is 3.64. The highest BCUT2D eigenvalue weighted by Gasteiger charge is 2.24. The maximum atomic E-state index is 12.9. The SMILES string of the molecule is O=C(NCC1CCCO1)c1ccnc(C(=O)N2CCN(c3ccccn3)CC2)c1. The third kappa shape index (κ3) is 4.71. The Bertz CT molecular complexity index is 846. The van der Waals surface area contributed by atoms with Gasteiger partial charge in [0.2, 0.25) is 0 Å². The van der Waals surface area contributed by atoms with Crippen molar-refractivity contribution in [1.82, 2.24) is 20.2 Å². The van der Waals surface area contributed by atoms with Crippen molar-refractivity contribution in [3.05, 3.63) is 54.0 Å². The summed E-state index contributed by atoms with van der Waals surface area (Å²) in [5.74, 6) is 0.555.